The average molecular weight is 334 g/mol. The number of thioether (sulfide) groups is 1. The van der Waals surface area contributed by atoms with Gasteiger partial charge in [-0.3, -0.25) is 9.36 Å². The molecule has 0 aliphatic rings. The molecule has 23 heavy (non-hydrogen) atoms. The molecule has 0 saturated heterocycles. The fourth-order valence-corrected chi connectivity index (χ4v) is 3.15. The Bertz CT molecular complexity index is 673. The molecular weight excluding hydrogens is 312 g/mol. The lowest BCUT2D eigenvalue weighted by molar-refractivity contribution is -0.127. The number of nitrogens with zero attached hydrogens (tertiary/aromatic N) is 4. The van der Waals surface area contributed by atoms with E-state index < -0.39 is 0 Å². The van der Waals surface area contributed by atoms with Crippen LogP contribution in [-0.2, 0) is 11.3 Å². The van der Waals surface area contributed by atoms with Crippen molar-refractivity contribution < 1.29 is 9.21 Å². The van der Waals surface area contributed by atoms with Crippen molar-refractivity contribution in [1.29, 1.82) is 0 Å². The molecule has 124 valence electrons. The van der Waals surface area contributed by atoms with Crippen LogP contribution in [-0.4, -0.2) is 44.4 Å². The number of furan rings is 1. The number of rotatable bonds is 8. The summed E-state index contributed by atoms with van der Waals surface area (Å²) in [6, 6.07) is 1.87. The van der Waals surface area contributed by atoms with Gasteiger partial charge >= 0.3 is 0 Å². The van der Waals surface area contributed by atoms with E-state index in [9.17, 15) is 4.79 Å². The third-order valence-electron chi connectivity index (χ3n) is 3.57. The second-order valence-electron chi connectivity index (χ2n) is 4.95. The number of hydrogen-bond donors (Lipinski definition) is 0. The first-order valence-electron chi connectivity index (χ1n) is 7.61. The normalized spacial score (nSPS) is 10.7. The summed E-state index contributed by atoms with van der Waals surface area (Å²) >= 11 is 1.40. The van der Waals surface area contributed by atoms with Gasteiger partial charge in [0.2, 0.25) is 5.91 Å². The Labute approximate surface area is 140 Å². The van der Waals surface area contributed by atoms with Crippen LogP contribution in [0.2, 0.25) is 0 Å². The van der Waals surface area contributed by atoms with Gasteiger partial charge in [-0.2, -0.15) is 0 Å². The molecule has 0 unspecified atom stereocenters. The Morgan fingerprint density at radius 1 is 1.43 bits per heavy atom. The summed E-state index contributed by atoms with van der Waals surface area (Å²) in [5, 5.41) is 9.20. The third kappa shape index (κ3) is 3.85. The molecule has 6 nitrogen and oxygen atoms in total. The highest BCUT2D eigenvalue weighted by Gasteiger charge is 2.18. The fraction of sp³-hybridized carbons (Fsp3) is 0.438. The van der Waals surface area contributed by atoms with Gasteiger partial charge in [0.15, 0.2) is 11.0 Å². The van der Waals surface area contributed by atoms with Crippen LogP contribution in [0.3, 0.4) is 0 Å². The zero-order valence-corrected chi connectivity index (χ0v) is 14.6. The quantitative estimate of drug-likeness (QED) is 0.548. The van der Waals surface area contributed by atoms with E-state index in [1.807, 2.05) is 36.3 Å². The smallest absolute Gasteiger partial charge is 0.233 e. The minimum atomic E-state index is 0.106. The number of carbonyl (C=O) groups is 1. The highest BCUT2D eigenvalue weighted by atomic mass is 32.2. The first kappa shape index (κ1) is 17.3. The Hall–Kier alpha value is -2.02. The average Bonchev–Trinajstić information content (AvgIpc) is 3.13. The van der Waals surface area contributed by atoms with E-state index in [1.165, 1.54) is 11.8 Å². The van der Waals surface area contributed by atoms with Gasteiger partial charge in [-0.05, 0) is 26.8 Å². The van der Waals surface area contributed by atoms with Gasteiger partial charge in [0.1, 0.15) is 5.76 Å². The van der Waals surface area contributed by atoms with Crippen LogP contribution in [0.1, 0.15) is 19.6 Å². The van der Waals surface area contributed by atoms with E-state index in [0.29, 0.717) is 30.5 Å². The number of hydrogen-bond acceptors (Lipinski definition) is 5. The first-order valence-corrected chi connectivity index (χ1v) is 8.60. The van der Waals surface area contributed by atoms with Gasteiger partial charge in [-0.1, -0.05) is 17.8 Å². The molecule has 0 aliphatic heterocycles. The van der Waals surface area contributed by atoms with E-state index in [0.717, 1.165) is 17.1 Å². The summed E-state index contributed by atoms with van der Waals surface area (Å²) in [5.41, 5.74) is 0.904. The summed E-state index contributed by atoms with van der Waals surface area (Å²) < 4.78 is 7.29. The zero-order valence-electron chi connectivity index (χ0n) is 13.8. The van der Waals surface area contributed by atoms with Gasteiger partial charge < -0.3 is 9.32 Å². The van der Waals surface area contributed by atoms with E-state index >= 15 is 0 Å². The van der Waals surface area contributed by atoms with Gasteiger partial charge in [0, 0.05) is 19.6 Å². The Morgan fingerprint density at radius 3 is 2.74 bits per heavy atom. The van der Waals surface area contributed by atoms with Crippen molar-refractivity contribution in [2.24, 2.45) is 0 Å². The van der Waals surface area contributed by atoms with Crippen LogP contribution in [0.4, 0.5) is 0 Å². The molecule has 1 amide bonds. The maximum Gasteiger partial charge on any atom is 0.233 e. The van der Waals surface area contributed by atoms with E-state index in [2.05, 4.69) is 16.8 Å². The molecule has 0 aliphatic carbocycles. The second-order valence-corrected chi connectivity index (χ2v) is 5.89. The lowest BCUT2D eigenvalue weighted by Crippen LogP contribution is -2.31. The van der Waals surface area contributed by atoms with Gasteiger partial charge in [-0.25, -0.2) is 0 Å². The minimum absolute atomic E-state index is 0.106. The van der Waals surface area contributed by atoms with Crippen molar-refractivity contribution in [3.63, 3.8) is 0 Å². The van der Waals surface area contributed by atoms with Crippen LogP contribution in [0.5, 0.6) is 0 Å². The van der Waals surface area contributed by atoms with Gasteiger partial charge in [-0.15, -0.1) is 16.8 Å². The Balaban J connectivity index is 2.20. The molecule has 0 radical (unpaired) electrons. The Kier molecular flexibility index (Phi) is 6.04. The maximum absolute atomic E-state index is 12.1. The number of carbonyl (C=O) groups excluding carboxylic acids is 1. The standard InChI is InChI=1S/C16H22N4O2S/c1-5-9-20-15(13-8-10-22-12(13)4)17-18-16(20)23-11-14(21)19(6-2)7-3/h5,8,10H,1,6-7,9,11H2,2-4H3. The highest BCUT2D eigenvalue weighted by Crippen LogP contribution is 2.27. The number of amides is 1. The largest absolute Gasteiger partial charge is 0.469 e. The molecule has 0 aromatic carbocycles. The van der Waals surface area contributed by atoms with E-state index in [-0.39, 0.29) is 5.91 Å². The van der Waals surface area contributed by atoms with Crippen molar-refractivity contribution in [3.8, 4) is 11.4 Å². The van der Waals surface area contributed by atoms with Crippen LogP contribution in [0.25, 0.3) is 11.4 Å². The molecule has 7 heteroatoms. The Morgan fingerprint density at radius 2 is 2.17 bits per heavy atom. The first-order chi connectivity index (χ1) is 11.1. The molecule has 2 aromatic heterocycles. The highest BCUT2D eigenvalue weighted by molar-refractivity contribution is 7.99. The monoisotopic (exact) mass is 334 g/mol. The van der Waals surface area contributed by atoms with Gasteiger partial charge in [0.05, 0.1) is 17.6 Å². The SMILES string of the molecule is C=CCn1c(SCC(=O)N(CC)CC)nnc1-c1ccoc1C. The van der Waals surface area contributed by atoms with E-state index in [4.69, 9.17) is 4.42 Å². The molecule has 0 saturated carbocycles. The summed E-state index contributed by atoms with van der Waals surface area (Å²) in [4.78, 5) is 14.0. The minimum Gasteiger partial charge on any atom is -0.469 e. The molecule has 0 atom stereocenters. The molecule has 0 bridgehead atoms. The molecule has 2 aromatic rings. The number of allylic oxidation sites excluding steroid dienone is 1. The predicted octanol–water partition coefficient (Wildman–Crippen LogP) is 2.99. The lowest BCUT2D eigenvalue weighted by atomic mass is 10.2. The van der Waals surface area contributed by atoms with Crippen molar-refractivity contribution in [1.82, 2.24) is 19.7 Å². The van der Waals surface area contributed by atoms with Crippen molar-refractivity contribution >= 4 is 17.7 Å². The van der Waals surface area contributed by atoms with Crippen molar-refractivity contribution in [2.75, 3.05) is 18.8 Å². The third-order valence-corrected chi connectivity index (χ3v) is 4.52. The second kappa shape index (κ2) is 8.01. The van der Waals surface area contributed by atoms with Crippen LogP contribution in [0.15, 0.2) is 34.6 Å². The van der Waals surface area contributed by atoms with Crippen molar-refractivity contribution in [3.05, 3.63) is 30.7 Å². The van der Waals surface area contributed by atoms with E-state index in [1.54, 1.807) is 12.3 Å². The molecule has 2 heterocycles. The summed E-state index contributed by atoms with van der Waals surface area (Å²) in [7, 11) is 0. The van der Waals surface area contributed by atoms with Crippen LogP contribution in [0, 0.1) is 6.92 Å². The summed E-state index contributed by atoms with van der Waals surface area (Å²) in [6.45, 7) is 11.6. The van der Waals surface area contributed by atoms with Crippen molar-refractivity contribution in [2.45, 2.75) is 32.5 Å². The van der Waals surface area contributed by atoms with Crippen LogP contribution >= 0.6 is 11.8 Å². The topological polar surface area (TPSA) is 64.2 Å². The molecule has 0 spiro atoms. The van der Waals surface area contributed by atoms with Gasteiger partial charge in [0.25, 0.3) is 0 Å². The summed E-state index contributed by atoms with van der Waals surface area (Å²) in [5.74, 6) is 1.98. The maximum atomic E-state index is 12.1. The summed E-state index contributed by atoms with van der Waals surface area (Å²) in [6.07, 6.45) is 3.42. The number of aromatic nitrogens is 3. The lowest BCUT2D eigenvalue weighted by Gasteiger charge is -2.18. The van der Waals surface area contributed by atoms with Crippen LogP contribution < -0.4 is 0 Å². The zero-order chi connectivity index (χ0) is 16.8. The molecule has 0 fully saturated rings. The molecule has 0 N–H and O–H groups in total. The molecule has 2 rings (SSSR count). The number of aryl methyl sites for hydroxylation is 1. The fourth-order valence-electron chi connectivity index (χ4n) is 2.30. The molecular formula is C16H22N4O2S. The predicted molar refractivity (Wildman–Crippen MR) is 91.3 cm³/mol.